The molecule has 0 saturated heterocycles. The number of aryl methyl sites for hydroxylation is 2. The van der Waals surface area contributed by atoms with Gasteiger partial charge in [-0.15, -0.1) is 5.10 Å². The molecule has 3 aromatic heterocycles. The van der Waals surface area contributed by atoms with Gasteiger partial charge in [0.25, 0.3) is 0 Å². The molecule has 3 rings (SSSR count). The Morgan fingerprint density at radius 2 is 2.04 bits per heavy atom. The first-order valence-electron chi connectivity index (χ1n) is 7.36. The maximum atomic E-state index is 6.05. The van der Waals surface area contributed by atoms with Gasteiger partial charge in [-0.25, -0.2) is 9.67 Å². The molecule has 0 amide bonds. The van der Waals surface area contributed by atoms with E-state index >= 15 is 0 Å². The van der Waals surface area contributed by atoms with Crippen LogP contribution in [-0.4, -0.2) is 30.2 Å². The molecule has 0 aliphatic heterocycles. The fourth-order valence-electron chi connectivity index (χ4n) is 2.28. The molecule has 0 atom stereocenters. The van der Waals surface area contributed by atoms with Crippen molar-refractivity contribution in [3.8, 4) is 0 Å². The number of rotatable bonds is 5. The molecular formula is C14H19N7OS. The Kier molecular flexibility index (Phi) is 4.20. The third-order valence-corrected chi connectivity index (χ3v) is 4.42. The van der Waals surface area contributed by atoms with E-state index in [4.69, 9.17) is 10.2 Å². The molecular weight excluding hydrogens is 314 g/mol. The minimum absolute atomic E-state index is 0.446. The zero-order chi connectivity index (χ0) is 16.6. The lowest BCUT2D eigenvalue weighted by molar-refractivity contribution is 0.445. The van der Waals surface area contributed by atoms with Crippen LogP contribution < -0.4 is 5.73 Å². The van der Waals surface area contributed by atoms with Gasteiger partial charge in [0.05, 0.1) is 11.1 Å². The summed E-state index contributed by atoms with van der Waals surface area (Å²) in [7, 11) is 0. The number of tetrazole rings is 1. The second kappa shape index (κ2) is 6.15. The lowest BCUT2D eigenvalue weighted by atomic mass is 10.2. The molecule has 0 fully saturated rings. The van der Waals surface area contributed by atoms with Crippen LogP contribution >= 0.6 is 11.8 Å². The molecule has 0 bridgehead atoms. The number of nitrogens with two attached hydrogens (primary N) is 1. The average Bonchev–Trinajstić information content (AvgIpc) is 3.01. The van der Waals surface area contributed by atoms with Crippen molar-refractivity contribution < 1.29 is 4.42 Å². The van der Waals surface area contributed by atoms with Crippen molar-refractivity contribution >= 4 is 28.7 Å². The Balaban J connectivity index is 1.81. The SMILES string of the molecule is Cc1oc2nc(CSc3nnnn3CC(C)C)nc(N)c2c1C. The van der Waals surface area contributed by atoms with Gasteiger partial charge in [-0.1, -0.05) is 25.6 Å². The van der Waals surface area contributed by atoms with E-state index in [1.165, 1.54) is 11.8 Å². The summed E-state index contributed by atoms with van der Waals surface area (Å²) >= 11 is 1.48. The highest BCUT2D eigenvalue weighted by Crippen LogP contribution is 2.28. The average molecular weight is 333 g/mol. The molecule has 8 nitrogen and oxygen atoms in total. The predicted octanol–water partition coefficient (Wildman–Crippen LogP) is 2.36. The van der Waals surface area contributed by atoms with Gasteiger partial charge in [0, 0.05) is 12.1 Å². The highest BCUT2D eigenvalue weighted by Gasteiger charge is 2.15. The van der Waals surface area contributed by atoms with Crippen molar-refractivity contribution in [3.05, 3.63) is 17.1 Å². The molecule has 23 heavy (non-hydrogen) atoms. The number of thioether (sulfide) groups is 1. The first-order valence-corrected chi connectivity index (χ1v) is 8.35. The number of anilines is 1. The molecule has 0 saturated carbocycles. The van der Waals surface area contributed by atoms with Gasteiger partial charge in [-0.3, -0.25) is 0 Å². The monoisotopic (exact) mass is 333 g/mol. The summed E-state index contributed by atoms with van der Waals surface area (Å²) in [4.78, 5) is 8.82. The lowest BCUT2D eigenvalue weighted by Gasteiger charge is -2.06. The van der Waals surface area contributed by atoms with Crippen LogP contribution in [0.3, 0.4) is 0 Å². The van der Waals surface area contributed by atoms with Crippen LogP contribution in [0.5, 0.6) is 0 Å². The zero-order valence-corrected chi connectivity index (χ0v) is 14.4. The zero-order valence-electron chi connectivity index (χ0n) is 13.6. The summed E-state index contributed by atoms with van der Waals surface area (Å²) in [6.07, 6.45) is 0. The Morgan fingerprint density at radius 1 is 1.26 bits per heavy atom. The van der Waals surface area contributed by atoms with Crippen LogP contribution in [0, 0.1) is 19.8 Å². The fraction of sp³-hybridized carbons (Fsp3) is 0.500. The van der Waals surface area contributed by atoms with Gasteiger partial charge < -0.3 is 10.2 Å². The number of hydrogen-bond acceptors (Lipinski definition) is 8. The fourth-order valence-corrected chi connectivity index (χ4v) is 3.02. The van der Waals surface area contributed by atoms with Crippen LogP contribution in [0.4, 0.5) is 5.82 Å². The molecule has 0 spiro atoms. The molecule has 122 valence electrons. The standard InChI is InChI=1S/C14H19N7OS/c1-7(2)5-21-14(18-19-20-21)23-6-10-16-12(15)11-8(3)9(4)22-13(11)17-10/h7H,5-6H2,1-4H3,(H2,15,16,17). The number of hydrogen-bond donors (Lipinski definition) is 1. The maximum absolute atomic E-state index is 6.05. The normalized spacial score (nSPS) is 11.7. The Morgan fingerprint density at radius 3 is 2.78 bits per heavy atom. The minimum atomic E-state index is 0.446. The van der Waals surface area contributed by atoms with E-state index in [9.17, 15) is 0 Å². The molecule has 3 heterocycles. The molecule has 9 heteroatoms. The smallest absolute Gasteiger partial charge is 0.231 e. The maximum Gasteiger partial charge on any atom is 0.231 e. The highest BCUT2D eigenvalue weighted by atomic mass is 32.2. The lowest BCUT2D eigenvalue weighted by Crippen LogP contribution is -2.08. The Labute approximate surface area is 137 Å². The van der Waals surface area contributed by atoms with Gasteiger partial charge >= 0.3 is 0 Å². The van der Waals surface area contributed by atoms with Crippen molar-refractivity contribution in [2.75, 3.05) is 5.73 Å². The van der Waals surface area contributed by atoms with Crippen LogP contribution in [0.25, 0.3) is 11.1 Å². The van der Waals surface area contributed by atoms with Crippen LogP contribution in [0.15, 0.2) is 9.57 Å². The topological polar surface area (TPSA) is 109 Å². The summed E-state index contributed by atoms with van der Waals surface area (Å²) in [5, 5.41) is 13.3. The first kappa shape index (κ1) is 15.7. The van der Waals surface area contributed by atoms with Crippen molar-refractivity contribution in [2.45, 2.75) is 45.1 Å². The molecule has 2 N–H and O–H groups in total. The van der Waals surface area contributed by atoms with Gasteiger partial charge in [0.15, 0.2) is 0 Å². The highest BCUT2D eigenvalue weighted by molar-refractivity contribution is 7.98. The molecule has 0 unspecified atom stereocenters. The quantitative estimate of drug-likeness (QED) is 0.709. The summed E-state index contributed by atoms with van der Waals surface area (Å²) in [6.45, 7) is 8.86. The van der Waals surface area contributed by atoms with Crippen molar-refractivity contribution in [2.24, 2.45) is 5.92 Å². The van der Waals surface area contributed by atoms with E-state index < -0.39 is 0 Å². The third kappa shape index (κ3) is 3.14. The second-order valence-electron chi connectivity index (χ2n) is 5.81. The van der Waals surface area contributed by atoms with Crippen molar-refractivity contribution in [1.29, 1.82) is 0 Å². The summed E-state index contributed by atoms with van der Waals surface area (Å²) in [5.41, 5.74) is 7.57. The van der Waals surface area contributed by atoms with Gasteiger partial charge in [-0.2, -0.15) is 4.98 Å². The molecule has 3 aromatic rings. The van der Waals surface area contributed by atoms with Gasteiger partial charge in [0.2, 0.25) is 10.9 Å². The number of aromatic nitrogens is 6. The number of furan rings is 1. The van der Waals surface area contributed by atoms with E-state index in [0.717, 1.165) is 28.4 Å². The number of nitrogen functional groups attached to an aromatic ring is 1. The Bertz CT molecular complexity index is 839. The summed E-state index contributed by atoms with van der Waals surface area (Å²) in [6, 6.07) is 0. The molecule has 0 radical (unpaired) electrons. The van der Waals surface area contributed by atoms with E-state index in [1.54, 1.807) is 4.68 Å². The number of nitrogens with zero attached hydrogens (tertiary/aromatic N) is 6. The molecule has 0 aromatic carbocycles. The third-order valence-electron chi connectivity index (χ3n) is 3.47. The van der Waals surface area contributed by atoms with E-state index in [1.807, 2.05) is 13.8 Å². The molecule has 0 aliphatic rings. The van der Waals surface area contributed by atoms with Crippen LogP contribution in [-0.2, 0) is 12.3 Å². The number of fused-ring (bicyclic) bond motifs is 1. The van der Waals surface area contributed by atoms with E-state index in [2.05, 4.69) is 39.3 Å². The largest absolute Gasteiger partial charge is 0.443 e. The first-order chi connectivity index (χ1) is 11.0. The summed E-state index contributed by atoms with van der Waals surface area (Å²) < 4.78 is 7.44. The predicted molar refractivity (Wildman–Crippen MR) is 87.9 cm³/mol. The Hall–Kier alpha value is -2.16. The van der Waals surface area contributed by atoms with Crippen LogP contribution in [0.2, 0.25) is 0 Å². The van der Waals surface area contributed by atoms with E-state index in [-0.39, 0.29) is 0 Å². The van der Waals surface area contributed by atoms with Crippen molar-refractivity contribution in [1.82, 2.24) is 30.2 Å². The van der Waals surface area contributed by atoms with Gasteiger partial charge in [0.1, 0.15) is 17.4 Å². The van der Waals surface area contributed by atoms with Crippen molar-refractivity contribution in [3.63, 3.8) is 0 Å². The summed E-state index contributed by atoms with van der Waals surface area (Å²) in [5.74, 6) is 2.86. The van der Waals surface area contributed by atoms with E-state index in [0.29, 0.717) is 29.0 Å². The van der Waals surface area contributed by atoms with Gasteiger partial charge in [-0.05, 0) is 30.2 Å². The minimum Gasteiger partial charge on any atom is -0.443 e. The second-order valence-corrected chi connectivity index (χ2v) is 6.76. The van der Waals surface area contributed by atoms with Crippen LogP contribution in [0.1, 0.15) is 31.0 Å². The molecule has 0 aliphatic carbocycles.